The SMILES string of the molecule is CC(C)(C)OC(=O)N1CCC(c2[nH]ncc2CN)C1. The molecule has 0 spiro atoms. The summed E-state index contributed by atoms with van der Waals surface area (Å²) >= 11 is 0. The Labute approximate surface area is 113 Å². The quantitative estimate of drug-likeness (QED) is 0.851. The van der Waals surface area contributed by atoms with Crippen molar-refractivity contribution < 1.29 is 9.53 Å². The molecule has 1 aliphatic rings. The number of nitrogens with zero attached hydrogens (tertiary/aromatic N) is 2. The summed E-state index contributed by atoms with van der Waals surface area (Å²) in [5, 5.41) is 7.02. The Balaban J connectivity index is 1.98. The highest BCUT2D eigenvalue weighted by Gasteiger charge is 2.32. The monoisotopic (exact) mass is 266 g/mol. The average molecular weight is 266 g/mol. The van der Waals surface area contributed by atoms with Crippen molar-refractivity contribution in [2.24, 2.45) is 5.73 Å². The van der Waals surface area contributed by atoms with Crippen molar-refractivity contribution >= 4 is 6.09 Å². The van der Waals surface area contributed by atoms with E-state index in [1.165, 1.54) is 0 Å². The van der Waals surface area contributed by atoms with Gasteiger partial charge in [-0.25, -0.2) is 4.79 Å². The Kier molecular flexibility index (Phi) is 3.80. The van der Waals surface area contributed by atoms with Gasteiger partial charge < -0.3 is 15.4 Å². The zero-order valence-corrected chi connectivity index (χ0v) is 11.8. The summed E-state index contributed by atoms with van der Waals surface area (Å²) in [5.74, 6) is 0.272. The molecule has 2 heterocycles. The molecule has 1 aromatic heterocycles. The van der Waals surface area contributed by atoms with Crippen LogP contribution in [-0.2, 0) is 11.3 Å². The molecule has 6 heteroatoms. The predicted molar refractivity (Wildman–Crippen MR) is 71.6 cm³/mol. The molecule has 0 aromatic carbocycles. The van der Waals surface area contributed by atoms with Crippen LogP contribution >= 0.6 is 0 Å². The lowest BCUT2D eigenvalue weighted by Gasteiger charge is -2.24. The van der Waals surface area contributed by atoms with Crippen LogP contribution in [0.25, 0.3) is 0 Å². The number of nitrogens with two attached hydrogens (primary N) is 1. The second kappa shape index (κ2) is 5.21. The van der Waals surface area contributed by atoms with E-state index in [9.17, 15) is 4.79 Å². The van der Waals surface area contributed by atoms with Gasteiger partial charge in [0.05, 0.1) is 6.20 Å². The van der Waals surface area contributed by atoms with Crippen molar-refractivity contribution in [2.45, 2.75) is 45.3 Å². The number of amides is 1. The van der Waals surface area contributed by atoms with Crippen molar-refractivity contribution in [3.05, 3.63) is 17.5 Å². The Hall–Kier alpha value is -1.56. The summed E-state index contributed by atoms with van der Waals surface area (Å²) in [6, 6.07) is 0. The normalized spacial score (nSPS) is 19.8. The third-order valence-corrected chi connectivity index (χ3v) is 3.22. The fourth-order valence-electron chi connectivity index (χ4n) is 2.33. The molecule has 1 aliphatic heterocycles. The van der Waals surface area contributed by atoms with E-state index >= 15 is 0 Å². The van der Waals surface area contributed by atoms with Crippen LogP contribution in [0, 0.1) is 0 Å². The molecular formula is C13H22N4O2. The molecule has 19 heavy (non-hydrogen) atoms. The summed E-state index contributed by atoms with van der Waals surface area (Å²) in [6.07, 6.45) is 2.42. The summed E-state index contributed by atoms with van der Waals surface area (Å²) in [7, 11) is 0. The number of nitrogens with one attached hydrogen (secondary N) is 1. The first-order valence-corrected chi connectivity index (χ1v) is 6.61. The number of rotatable bonds is 2. The lowest BCUT2D eigenvalue weighted by Crippen LogP contribution is -2.35. The molecule has 0 bridgehead atoms. The number of carbonyl (C=O) groups excluding carboxylic acids is 1. The van der Waals surface area contributed by atoms with Crippen LogP contribution in [0.1, 0.15) is 44.4 Å². The van der Waals surface area contributed by atoms with Crippen molar-refractivity contribution in [3.63, 3.8) is 0 Å². The maximum atomic E-state index is 12.0. The second-order valence-electron chi connectivity index (χ2n) is 5.92. The Morgan fingerprint density at radius 3 is 3.00 bits per heavy atom. The molecule has 1 aromatic rings. The van der Waals surface area contributed by atoms with Crippen LogP contribution in [0.4, 0.5) is 4.79 Å². The molecular weight excluding hydrogens is 244 g/mol. The number of hydrogen-bond acceptors (Lipinski definition) is 4. The number of carbonyl (C=O) groups is 1. The maximum absolute atomic E-state index is 12.0. The van der Waals surface area contributed by atoms with Gasteiger partial charge in [-0.05, 0) is 27.2 Å². The lowest BCUT2D eigenvalue weighted by molar-refractivity contribution is 0.0292. The van der Waals surface area contributed by atoms with Gasteiger partial charge in [0.1, 0.15) is 5.60 Å². The molecule has 1 unspecified atom stereocenters. The fraction of sp³-hybridized carbons (Fsp3) is 0.692. The summed E-state index contributed by atoms with van der Waals surface area (Å²) in [4.78, 5) is 13.7. The van der Waals surface area contributed by atoms with Crippen LogP contribution in [0.15, 0.2) is 6.20 Å². The Morgan fingerprint density at radius 1 is 1.63 bits per heavy atom. The van der Waals surface area contributed by atoms with Gasteiger partial charge in [0.15, 0.2) is 0 Å². The molecule has 3 N–H and O–H groups in total. The van der Waals surface area contributed by atoms with E-state index in [0.29, 0.717) is 19.6 Å². The molecule has 1 fully saturated rings. The molecule has 1 saturated heterocycles. The summed E-state index contributed by atoms with van der Waals surface area (Å²) < 4.78 is 5.38. The van der Waals surface area contributed by atoms with Gasteiger partial charge in [0.2, 0.25) is 0 Å². The molecule has 2 rings (SSSR count). The highest BCUT2D eigenvalue weighted by atomic mass is 16.6. The molecule has 0 aliphatic carbocycles. The maximum Gasteiger partial charge on any atom is 0.410 e. The molecule has 1 amide bonds. The molecule has 0 saturated carbocycles. The molecule has 106 valence electrons. The van der Waals surface area contributed by atoms with Crippen LogP contribution in [-0.4, -0.2) is 39.9 Å². The first-order chi connectivity index (χ1) is 8.90. The molecule has 6 nitrogen and oxygen atoms in total. The topological polar surface area (TPSA) is 84.2 Å². The number of H-pyrrole nitrogens is 1. The number of aromatic amines is 1. The largest absolute Gasteiger partial charge is 0.444 e. The second-order valence-corrected chi connectivity index (χ2v) is 5.92. The number of aromatic nitrogens is 2. The fourth-order valence-corrected chi connectivity index (χ4v) is 2.33. The van der Waals surface area contributed by atoms with Gasteiger partial charge in [-0.15, -0.1) is 0 Å². The van der Waals surface area contributed by atoms with Gasteiger partial charge in [-0.1, -0.05) is 0 Å². The zero-order valence-electron chi connectivity index (χ0n) is 11.8. The minimum Gasteiger partial charge on any atom is -0.444 e. The summed E-state index contributed by atoms with van der Waals surface area (Å²) in [6.45, 7) is 7.46. The van der Waals surface area contributed by atoms with E-state index in [1.54, 1.807) is 11.1 Å². The molecule has 1 atom stereocenters. The minimum atomic E-state index is -0.453. The van der Waals surface area contributed by atoms with E-state index in [4.69, 9.17) is 10.5 Å². The third kappa shape index (κ3) is 3.26. The zero-order chi connectivity index (χ0) is 14.0. The van der Waals surface area contributed by atoms with Crippen molar-refractivity contribution in [2.75, 3.05) is 13.1 Å². The summed E-state index contributed by atoms with van der Waals surface area (Å²) in [5.41, 5.74) is 7.30. The van der Waals surface area contributed by atoms with Crippen molar-refractivity contribution in [1.29, 1.82) is 0 Å². The van der Waals surface area contributed by atoms with E-state index in [-0.39, 0.29) is 12.0 Å². The highest BCUT2D eigenvalue weighted by molar-refractivity contribution is 5.68. The van der Waals surface area contributed by atoms with E-state index in [1.807, 2.05) is 20.8 Å². The number of likely N-dealkylation sites (tertiary alicyclic amines) is 1. The smallest absolute Gasteiger partial charge is 0.410 e. The van der Waals surface area contributed by atoms with Crippen LogP contribution in [0.5, 0.6) is 0 Å². The van der Waals surface area contributed by atoms with Gasteiger partial charge in [-0.3, -0.25) is 5.10 Å². The van der Waals surface area contributed by atoms with Crippen LogP contribution < -0.4 is 5.73 Å². The van der Waals surface area contributed by atoms with E-state index in [0.717, 1.165) is 17.7 Å². The standard InChI is InChI=1S/C13H22N4O2/c1-13(2,3)19-12(18)17-5-4-9(8-17)11-10(6-14)7-15-16-11/h7,9H,4-6,8,14H2,1-3H3,(H,15,16). The van der Waals surface area contributed by atoms with Gasteiger partial charge in [-0.2, -0.15) is 5.10 Å². The number of hydrogen-bond donors (Lipinski definition) is 2. The highest BCUT2D eigenvalue weighted by Crippen LogP contribution is 2.28. The van der Waals surface area contributed by atoms with E-state index < -0.39 is 5.60 Å². The minimum absolute atomic E-state index is 0.246. The predicted octanol–water partition coefficient (Wildman–Crippen LogP) is 1.59. The van der Waals surface area contributed by atoms with Crippen molar-refractivity contribution in [3.8, 4) is 0 Å². The lowest BCUT2D eigenvalue weighted by atomic mass is 10.0. The van der Waals surface area contributed by atoms with Crippen LogP contribution in [0.3, 0.4) is 0 Å². The van der Waals surface area contributed by atoms with Gasteiger partial charge in [0.25, 0.3) is 0 Å². The van der Waals surface area contributed by atoms with E-state index in [2.05, 4.69) is 10.2 Å². The Morgan fingerprint density at radius 2 is 2.37 bits per heavy atom. The average Bonchev–Trinajstić information content (AvgIpc) is 2.95. The third-order valence-electron chi connectivity index (χ3n) is 3.22. The van der Waals surface area contributed by atoms with Gasteiger partial charge >= 0.3 is 6.09 Å². The van der Waals surface area contributed by atoms with Crippen molar-refractivity contribution in [1.82, 2.24) is 15.1 Å². The molecule has 0 radical (unpaired) electrons. The first-order valence-electron chi connectivity index (χ1n) is 6.61. The Bertz CT molecular complexity index is 450. The first kappa shape index (κ1) is 13.9. The van der Waals surface area contributed by atoms with Crippen LogP contribution in [0.2, 0.25) is 0 Å². The number of ether oxygens (including phenoxy) is 1. The van der Waals surface area contributed by atoms with Gasteiger partial charge in [0, 0.05) is 36.8 Å².